The topological polar surface area (TPSA) is 41.1 Å². The molecule has 6 heteroatoms. The Morgan fingerprint density at radius 3 is 2.67 bits per heavy atom. The molecule has 1 heterocycles. The third-order valence-electron chi connectivity index (χ3n) is 2.95. The molecule has 1 aromatic heterocycles. The van der Waals surface area contributed by atoms with E-state index < -0.39 is 0 Å². The summed E-state index contributed by atoms with van der Waals surface area (Å²) in [4.78, 5) is 10.7. The van der Waals surface area contributed by atoms with Crippen molar-refractivity contribution in [2.75, 3.05) is 23.8 Å². The number of aromatic nitrogens is 2. The average Bonchev–Trinajstić information content (AvgIpc) is 2.48. The molecule has 2 aromatic rings. The van der Waals surface area contributed by atoms with Gasteiger partial charge in [0.15, 0.2) is 5.82 Å². The number of nitrogens with zero attached hydrogens (tertiary/aromatic N) is 3. The monoisotopic (exact) mass is 368 g/mol. The Labute approximate surface area is 138 Å². The summed E-state index contributed by atoms with van der Waals surface area (Å²) in [7, 11) is 1.97. The molecule has 1 N–H and O–H groups in total. The summed E-state index contributed by atoms with van der Waals surface area (Å²) in [6, 6.07) is 8.20. The quantitative estimate of drug-likeness (QED) is 0.822. The molecule has 0 amide bonds. The van der Waals surface area contributed by atoms with Gasteiger partial charge in [0.05, 0.1) is 6.20 Å². The van der Waals surface area contributed by atoms with Crippen LogP contribution in [0.4, 0.5) is 11.8 Å². The van der Waals surface area contributed by atoms with Gasteiger partial charge < -0.3 is 10.2 Å². The molecule has 0 spiro atoms. The number of hydrogen-bond acceptors (Lipinski definition) is 4. The van der Waals surface area contributed by atoms with Gasteiger partial charge in [-0.1, -0.05) is 46.6 Å². The first-order valence-electron chi connectivity index (χ1n) is 6.82. The molecule has 112 valence electrons. The second-order valence-electron chi connectivity index (χ2n) is 4.77. The van der Waals surface area contributed by atoms with Crippen LogP contribution in [0.3, 0.4) is 0 Å². The van der Waals surface area contributed by atoms with Crippen LogP contribution in [0, 0.1) is 0 Å². The van der Waals surface area contributed by atoms with E-state index >= 15 is 0 Å². The first kappa shape index (κ1) is 16.0. The number of rotatable bonds is 6. The van der Waals surface area contributed by atoms with Crippen LogP contribution in [0.1, 0.15) is 18.9 Å². The van der Waals surface area contributed by atoms with Crippen LogP contribution in [0.2, 0.25) is 5.02 Å². The maximum Gasteiger partial charge on any atom is 0.224 e. The molecule has 0 saturated heterocycles. The summed E-state index contributed by atoms with van der Waals surface area (Å²) in [5, 5.41) is 3.73. The summed E-state index contributed by atoms with van der Waals surface area (Å²) < 4.78 is 1.07. The van der Waals surface area contributed by atoms with E-state index in [0.717, 1.165) is 29.8 Å². The van der Waals surface area contributed by atoms with E-state index in [1.165, 1.54) is 5.56 Å². The Kier molecular flexibility index (Phi) is 5.82. The zero-order chi connectivity index (χ0) is 15.2. The van der Waals surface area contributed by atoms with E-state index in [2.05, 4.69) is 50.3 Å². The molecular formula is C15H18BrClN4. The number of anilines is 2. The van der Waals surface area contributed by atoms with E-state index in [4.69, 9.17) is 11.6 Å². The molecule has 0 radical (unpaired) electrons. The van der Waals surface area contributed by atoms with Crippen molar-refractivity contribution < 1.29 is 0 Å². The second-order valence-corrected chi connectivity index (χ2v) is 6.10. The standard InChI is InChI=1S/C15H18BrClN4/c1-3-8-18-15-19-9-13(17)14(20-15)21(2)10-11-4-6-12(16)7-5-11/h4-7,9H,3,8,10H2,1-2H3,(H,18,19,20). The highest BCUT2D eigenvalue weighted by Gasteiger charge is 2.10. The average molecular weight is 370 g/mol. The Morgan fingerprint density at radius 2 is 2.00 bits per heavy atom. The van der Waals surface area contributed by atoms with Crippen molar-refractivity contribution in [3.8, 4) is 0 Å². The summed E-state index contributed by atoms with van der Waals surface area (Å²) >= 11 is 9.65. The number of benzene rings is 1. The van der Waals surface area contributed by atoms with Gasteiger partial charge in [0.1, 0.15) is 5.02 Å². The molecule has 2 rings (SSSR count). The molecule has 0 aliphatic carbocycles. The van der Waals surface area contributed by atoms with Crippen LogP contribution in [0.25, 0.3) is 0 Å². The lowest BCUT2D eigenvalue weighted by molar-refractivity contribution is 0.884. The highest BCUT2D eigenvalue weighted by atomic mass is 79.9. The van der Waals surface area contributed by atoms with Crippen molar-refractivity contribution in [2.24, 2.45) is 0 Å². The minimum atomic E-state index is 0.552. The second kappa shape index (κ2) is 7.61. The molecule has 21 heavy (non-hydrogen) atoms. The number of nitrogens with one attached hydrogen (secondary N) is 1. The fourth-order valence-corrected chi connectivity index (χ4v) is 2.39. The van der Waals surface area contributed by atoms with Crippen molar-refractivity contribution in [2.45, 2.75) is 19.9 Å². The van der Waals surface area contributed by atoms with Crippen molar-refractivity contribution in [3.63, 3.8) is 0 Å². The van der Waals surface area contributed by atoms with E-state index in [1.807, 2.05) is 24.1 Å². The van der Waals surface area contributed by atoms with Crippen LogP contribution in [0.5, 0.6) is 0 Å². The normalized spacial score (nSPS) is 10.5. The number of hydrogen-bond donors (Lipinski definition) is 1. The van der Waals surface area contributed by atoms with Crippen LogP contribution >= 0.6 is 27.5 Å². The van der Waals surface area contributed by atoms with E-state index in [0.29, 0.717) is 11.0 Å². The van der Waals surface area contributed by atoms with Gasteiger partial charge in [-0.25, -0.2) is 4.98 Å². The Bertz CT molecular complexity index is 589. The van der Waals surface area contributed by atoms with Gasteiger partial charge in [0.25, 0.3) is 0 Å². The van der Waals surface area contributed by atoms with Crippen molar-refractivity contribution in [1.82, 2.24) is 9.97 Å². The van der Waals surface area contributed by atoms with E-state index in [1.54, 1.807) is 6.20 Å². The lowest BCUT2D eigenvalue weighted by atomic mass is 10.2. The van der Waals surface area contributed by atoms with Crippen LogP contribution < -0.4 is 10.2 Å². The predicted molar refractivity (Wildman–Crippen MR) is 92.1 cm³/mol. The highest BCUT2D eigenvalue weighted by molar-refractivity contribution is 9.10. The number of halogens is 2. The Hall–Kier alpha value is -1.33. The van der Waals surface area contributed by atoms with Crippen molar-refractivity contribution in [1.29, 1.82) is 0 Å². The SMILES string of the molecule is CCCNc1ncc(Cl)c(N(C)Cc2ccc(Br)cc2)n1. The highest BCUT2D eigenvalue weighted by Crippen LogP contribution is 2.24. The first-order chi connectivity index (χ1) is 10.1. The minimum absolute atomic E-state index is 0.552. The van der Waals surface area contributed by atoms with Gasteiger partial charge in [-0.3, -0.25) is 0 Å². The summed E-state index contributed by atoms with van der Waals surface area (Å²) in [5.74, 6) is 1.34. The maximum atomic E-state index is 6.21. The lowest BCUT2D eigenvalue weighted by Gasteiger charge is -2.20. The van der Waals surface area contributed by atoms with Crippen LogP contribution in [-0.2, 0) is 6.54 Å². The fraction of sp³-hybridized carbons (Fsp3) is 0.333. The van der Waals surface area contributed by atoms with Gasteiger partial charge in [-0.15, -0.1) is 0 Å². The predicted octanol–water partition coefficient (Wildman–Crippen LogP) is 4.35. The molecular weight excluding hydrogens is 352 g/mol. The Morgan fingerprint density at radius 1 is 1.29 bits per heavy atom. The zero-order valence-corrected chi connectivity index (χ0v) is 14.4. The molecule has 0 bridgehead atoms. The smallest absolute Gasteiger partial charge is 0.224 e. The maximum absolute atomic E-state index is 6.21. The van der Waals surface area contributed by atoms with Gasteiger partial charge in [0.2, 0.25) is 5.95 Å². The van der Waals surface area contributed by atoms with Crippen LogP contribution in [-0.4, -0.2) is 23.6 Å². The molecule has 0 unspecified atom stereocenters. The minimum Gasteiger partial charge on any atom is -0.354 e. The van der Waals surface area contributed by atoms with Gasteiger partial charge in [-0.05, 0) is 24.1 Å². The van der Waals surface area contributed by atoms with Gasteiger partial charge >= 0.3 is 0 Å². The third-order valence-corrected chi connectivity index (χ3v) is 3.75. The molecule has 0 atom stereocenters. The molecule has 4 nitrogen and oxygen atoms in total. The van der Waals surface area contributed by atoms with Gasteiger partial charge in [-0.2, -0.15) is 4.98 Å². The van der Waals surface area contributed by atoms with E-state index in [9.17, 15) is 0 Å². The lowest BCUT2D eigenvalue weighted by Crippen LogP contribution is -2.19. The molecule has 0 saturated carbocycles. The summed E-state index contributed by atoms with van der Waals surface area (Å²) in [6.45, 7) is 3.68. The molecule has 0 fully saturated rings. The summed E-state index contributed by atoms with van der Waals surface area (Å²) in [6.07, 6.45) is 2.66. The molecule has 1 aromatic carbocycles. The third kappa shape index (κ3) is 4.58. The first-order valence-corrected chi connectivity index (χ1v) is 7.99. The molecule has 0 aliphatic rings. The van der Waals surface area contributed by atoms with Gasteiger partial charge in [0, 0.05) is 24.6 Å². The fourth-order valence-electron chi connectivity index (χ4n) is 1.89. The van der Waals surface area contributed by atoms with Crippen molar-refractivity contribution in [3.05, 3.63) is 45.5 Å². The zero-order valence-electron chi connectivity index (χ0n) is 12.1. The van der Waals surface area contributed by atoms with E-state index in [-0.39, 0.29) is 0 Å². The van der Waals surface area contributed by atoms with Crippen molar-refractivity contribution >= 4 is 39.3 Å². The largest absolute Gasteiger partial charge is 0.354 e. The Balaban J connectivity index is 2.13. The molecule has 0 aliphatic heterocycles. The summed E-state index contributed by atoms with van der Waals surface area (Å²) in [5.41, 5.74) is 1.19. The van der Waals surface area contributed by atoms with Crippen LogP contribution in [0.15, 0.2) is 34.9 Å².